The highest BCUT2D eigenvalue weighted by Gasteiger charge is 2.43. The highest BCUT2D eigenvalue weighted by molar-refractivity contribution is 6.31. The van der Waals surface area contributed by atoms with Crippen LogP contribution in [0, 0.1) is 10.1 Å². The summed E-state index contributed by atoms with van der Waals surface area (Å²) in [4.78, 5) is 25.6. The lowest BCUT2D eigenvalue weighted by Gasteiger charge is -2.39. The molecule has 0 bridgehead atoms. The van der Waals surface area contributed by atoms with Crippen LogP contribution in [0.5, 0.6) is 5.75 Å². The smallest absolute Gasteiger partial charge is 0.309 e. The number of Topliss-reactive ketones (excluding diaryl/α,β-unsaturated/α-hetero) is 1. The van der Waals surface area contributed by atoms with Gasteiger partial charge in [-0.15, -0.1) is 0 Å². The molecule has 1 unspecified atom stereocenters. The van der Waals surface area contributed by atoms with Crippen LogP contribution in [0.25, 0.3) is 0 Å². The summed E-state index contributed by atoms with van der Waals surface area (Å²) < 4.78 is 6.00. The van der Waals surface area contributed by atoms with Gasteiger partial charge in [0, 0.05) is 24.2 Å². The number of nitrogens with one attached hydrogen (secondary N) is 1. The number of halogens is 1. The van der Waals surface area contributed by atoms with E-state index >= 15 is 0 Å². The molecule has 7 nitrogen and oxygen atoms in total. The molecule has 0 aromatic heterocycles. The van der Waals surface area contributed by atoms with E-state index < -0.39 is 11.2 Å². The van der Waals surface area contributed by atoms with Crippen molar-refractivity contribution in [3.05, 3.63) is 62.1 Å². The largest absolute Gasteiger partial charge is 0.465 e. The molecule has 1 fully saturated rings. The summed E-state index contributed by atoms with van der Waals surface area (Å²) in [7, 11) is 0. The number of ketones is 1. The molecule has 0 radical (unpaired) electrons. The Kier molecular flexibility index (Phi) is 3.45. The van der Waals surface area contributed by atoms with Gasteiger partial charge in [0.1, 0.15) is 5.75 Å². The maximum absolute atomic E-state index is 12.8. The molecule has 1 aromatic rings. The van der Waals surface area contributed by atoms with Crippen LogP contribution in [0.15, 0.2) is 41.4 Å². The van der Waals surface area contributed by atoms with E-state index in [0.29, 0.717) is 35.2 Å². The molecule has 3 heterocycles. The Balaban J connectivity index is 1.87. The SMILES string of the molecule is O=C1C2=CC([N+](=O)[O-])=C3NCCCCN3C2Oc2ccc(Cl)cc21. The van der Waals surface area contributed by atoms with Gasteiger partial charge in [0.15, 0.2) is 11.6 Å². The number of fused-ring (bicyclic) bond motifs is 4. The van der Waals surface area contributed by atoms with Crippen molar-refractivity contribution in [1.29, 1.82) is 0 Å². The maximum atomic E-state index is 12.8. The van der Waals surface area contributed by atoms with Crippen LogP contribution in [0.4, 0.5) is 0 Å². The van der Waals surface area contributed by atoms with Gasteiger partial charge in [-0.3, -0.25) is 14.9 Å². The molecule has 3 aliphatic heterocycles. The van der Waals surface area contributed by atoms with Crippen molar-refractivity contribution in [3.8, 4) is 5.75 Å². The number of benzene rings is 1. The van der Waals surface area contributed by atoms with E-state index in [1.165, 1.54) is 12.1 Å². The zero-order valence-corrected chi connectivity index (χ0v) is 13.4. The average molecular weight is 348 g/mol. The van der Waals surface area contributed by atoms with Gasteiger partial charge >= 0.3 is 5.70 Å². The first-order chi connectivity index (χ1) is 11.6. The fraction of sp³-hybridized carbons (Fsp3) is 0.312. The van der Waals surface area contributed by atoms with Crippen molar-refractivity contribution in [1.82, 2.24) is 10.2 Å². The highest BCUT2D eigenvalue weighted by Crippen LogP contribution is 2.38. The van der Waals surface area contributed by atoms with Crippen molar-refractivity contribution >= 4 is 17.4 Å². The quantitative estimate of drug-likeness (QED) is 0.620. The van der Waals surface area contributed by atoms with Crippen LogP contribution in [0.1, 0.15) is 23.2 Å². The Labute approximate surface area is 142 Å². The monoisotopic (exact) mass is 347 g/mol. The fourth-order valence-corrected chi connectivity index (χ4v) is 3.43. The van der Waals surface area contributed by atoms with E-state index in [0.717, 1.165) is 12.8 Å². The molecule has 1 aromatic carbocycles. The molecule has 0 spiro atoms. The summed E-state index contributed by atoms with van der Waals surface area (Å²) in [5.41, 5.74) is 0.494. The number of hydrogen-bond acceptors (Lipinski definition) is 6. The molecule has 3 aliphatic rings. The second kappa shape index (κ2) is 5.52. The Bertz CT molecular complexity index is 818. The molecule has 4 rings (SSSR count). The average Bonchev–Trinajstić information content (AvgIpc) is 2.81. The Morgan fingerprint density at radius 1 is 1.38 bits per heavy atom. The van der Waals surface area contributed by atoms with Crippen LogP contribution in [0.3, 0.4) is 0 Å². The normalized spacial score (nSPS) is 22.4. The van der Waals surface area contributed by atoms with E-state index in [9.17, 15) is 14.9 Å². The molecule has 0 saturated carbocycles. The predicted molar refractivity (Wildman–Crippen MR) is 86.2 cm³/mol. The van der Waals surface area contributed by atoms with Gasteiger partial charge in [-0.1, -0.05) is 11.6 Å². The summed E-state index contributed by atoms with van der Waals surface area (Å²) in [6.07, 6.45) is 2.42. The van der Waals surface area contributed by atoms with Crippen molar-refractivity contribution < 1.29 is 14.5 Å². The Morgan fingerprint density at radius 2 is 2.21 bits per heavy atom. The van der Waals surface area contributed by atoms with Crippen molar-refractivity contribution in [3.63, 3.8) is 0 Å². The van der Waals surface area contributed by atoms with E-state index in [1.807, 2.05) is 0 Å². The molecule has 1 saturated heterocycles. The van der Waals surface area contributed by atoms with Gasteiger partial charge in [-0.25, -0.2) is 0 Å². The highest BCUT2D eigenvalue weighted by atomic mass is 35.5. The molecular weight excluding hydrogens is 334 g/mol. The van der Waals surface area contributed by atoms with Crippen molar-refractivity contribution in [2.24, 2.45) is 0 Å². The van der Waals surface area contributed by atoms with Crippen LogP contribution in [-0.2, 0) is 0 Å². The zero-order chi connectivity index (χ0) is 16.8. The van der Waals surface area contributed by atoms with Crippen molar-refractivity contribution in [2.45, 2.75) is 19.1 Å². The van der Waals surface area contributed by atoms with Crippen LogP contribution >= 0.6 is 11.6 Å². The number of hydrogen-bond donors (Lipinski definition) is 1. The molecule has 24 heavy (non-hydrogen) atoms. The second-order valence-electron chi connectivity index (χ2n) is 5.86. The predicted octanol–water partition coefficient (Wildman–Crippen LogP) is 2.31. The minimum atomic E-state index is -0.657. The third-order valence-electron chi connectivity index (χ3n) is 4.37. The van der Waals surface area contributed by atoms with Gasteiger partial charge in [0.2, 0.25) is 6.23 Å². The van der Waals surface area contributed by atoms with Crippen molar-refractivity contribution in [2.75, 3.05) is 13.1 Å². The minimum Gasteiger partial charge on any atom is -0.465 e. The number of rotatable bonds is 1. The third-order valence-corrected chi connectivity index (χ3v) is 4.61. The summed E-state index contributed by atoms with van der Waals surface area (Å²) >= 11 is 5.96. The minimum absolute atomic E-state index is 0.106. The lowest BCUT2D eigenvalue weighted by molar-refractivity contribution is -0.422. The number of allylic oxidation sites excluding steroid dienone is 1. The van der Waals surface area contributed by atoms with Gasteiger partial charge < -0.3 is 15.0 Å². The number of carbonyl (C=O) groups is 1. The van der Waals surface area contributed by atoms with E-state index in [4.69, 9.17) is 16.3 Å². The van der Waals surface area contributed by atoms with Gasteiger partial charge in [-0.2, -0.15) is 0 Å². The van der Waals surface area contributed by atoms with Crippen LogP contribution in [0.2, 0.25) is 5.02 Å². The summed E-state index contributed by atoms with van der Waals surface area (Å²) in [6, 6.07) is 4.84. The number of nitrogens with zero attached hydrogens (tertiary/aromatic N) is 2. The molecule has 8 heteroatoms. The van der Waals surface area contributed by atoms with Gasteiger partial charge in [-0.05, 0) is 31.0 Å². The zero-order valence-electron chi connectivity index (χ0n) is 12.6. The Hall–Kier alpha value is -2.54. The number of carbonyl (C=O) groups excluding carboxylic acids is 1. The van der Waals surface area contributed by atoms with Gasteiger partial charge in [0.25, 0.3) is 0 Å². The number of nitro groups is 1. The molecule has 0 amide bonds. The molecule has 0 aliphatic carbocycles. The van der Waals surface area contributed by atoms with Crippen LogP contribution in [-0.4, -0.2) is 34.9 Å². The summed E-state index contributed by atoms with van der Waals surface area (Å²) in [6.45, 7) is 1.23. The van der Waals surface area contributed by atoms with E-state index in [1.54, 1.807) is 17.0 Å². The lowest BCUT2D eigenvalue weighted by Crippen LogP contribution is -2.50. The first-order valence-corrected chi connectivity index (χ1v) is 8.06. The molecule has 1 atom stereocenters. The fourth-order valence-electron chi connectivity index (χ4n) is 3.26. The first-order valence-electron chi connectivity index (χ1n) is 7.68. The van der Waals surface area contributed by atoms with Gasteiger partial charge in [0.05, 0.1) is 16.1 Å². The maximum Gasteiger partial charge on any atom is 0.309 e. The molecular formula is C16H14ClN3O4. The first kappa shape index (κ1) is 15.0. The summed E-state index contributed by atoms with van der Waals surface area (Å²) in [5.74, 6) is 0.572. The molecule has 124 valence electrons. The topological polar surface area (TPSA) is 84.7 Å². The third kappa shape index (κ3) is 2.24. The summed E-state index contributed by atoms with van der Waals surface area (Å²) in [5, 5.41) is 15.0. The second-order valence-corrected chi connectivity index (χ2v) is 6.29. The van der Waals surface area contributed by atoms with E-state index in [2.05, 4.69) is 5.32 Å². The standard InChI is InChI=1S/C16H14ClN3O4/c17-9-3-4-13-10(7-9)14(21)11-8-12(20(22)23)15-18-5-1-2-6-19(15)16(11)24-13/h3-4,7-8,16,18H,1-2,5-6H2. The van der Waals surface area contributed by atoms with Crippen LogP contribution < -0.4 is 10.1 Å². The van der Waals surface area contributed by atoms with E-state index in [-0.39, 0.29) is 17.1 Å². The Morgan fingerprint density at radius 3 is 3.00 bits per heavy atom. The lowest BCUT2D eigenvalue weighted by atomic mass is 9.94. The number of ether oxygens (including phenoxy) is 1. The molecule has 1 N–H and O–H groups in total.